The molecule has 3 aromatic heterocycles. The first-order valence-electron chi connectivity index (χ1n) is 10.0. The van der Waals surface area contributed by atoms with E-state index in [9.17, 15) is 4.79 Å². The first-order valence-corrected chi connectivity index (χ1v) is 10.8. The molecule has 3 heterocycles. The molecule has 0 fully saturated rings. The second-order valence-corrected chi connectivity index (χ2v) is 8.47. The number of thiophene rings is 1. The summed E-state index contributed by atoms with van der Waals surface area (Å²) >= 11 is 1.43. The number of benzene rings is 2. The molecule has 1 N–H and O–H groups in total. The SMILES string of the molecule is Cc1ccccc1Cn1ccc(NC(=O)c2cc3c(C)nn(-c4ccccc4)c3s2)n1. The van der Waals surface area contributed by atoms with Gasteiger partial charge in [0.1, 0.15) is 4.83 Å². The number of hydrogen-bond acceptors (Lipinski definition) is 4. The highest BCUT2D eigenvalue weighted by Crippen LogP contribution is 2.30. The number of rotatable bonds is 5. The third-order valence-electron chi connectivity index (χ3n) is 5.25. The van der Waals surface area contributed by atoms with Gasteiger partial charge in [0.15, 0.2) is 5.82 Å². The van der Waals surface area contributed by atoms with Gasteiger partial charge in [0, 0.05) is 17.6 Å². The lowest BCUT2D eigenvalue weighted by molar-refractivity contribution is 0.103. The van der Waals surface area contributed by atoms with Crippen molar-refractivity contribution in [1.29, 1.82) is 0 Å². The second-order valence-electron chi connectivity index (χ2n) is 7.44. The minimum Gasteiger partial charge on any atom is -0.304 e. The number of anilines is 1. The Morgan fingerprint density at radius 1 is 1.00 bits per heavy atom. The van der Waals surface area contributed by atoms with Crippen molar-refractivity contribution in [3.05, 3.63) is 94.6 Å². The molecule has 0 saturated heterocycles. The standard InChI is InChI=1S/C24H21N5OS/c1-16-8-6-7-9-18(16)15-28-13-12-22(27-28)25-23(30)21-14-20-17(2)26-29(24(20)31-21)19-10-4-3-5-11-19/h3-14H,15H2,1-2H3,(H,25,27,30). The van der Waals surface area contributed by atoms with Crippen LogP contribution in [-0.2, 0) is 6.54 Å². The van der Waals surface area contributed by atoms with Crippen LogP contribution in [0.15, 0.2) is 72.9 Å². The van der Waals surface area contributed by atoms with Gasteiger partial charge in [0.05, 0.1) is 22.8 Å². The van der Waals surface area contributed by atoms with Crippen LogP contribution in [0.25, 0.3) is 15.9 Å². The van der Waals surface area contributed by atoms with E-state index in [2.05, 4.69) is 34.6 Å². The Bertz CT molecular complexity index is 1380. The summed E-state index contributed by atoms with van der Waals surface area (Å²) in [5.41, 5.74) is 4.30. The summed E-state index contributed by atoms with van der Waals surface area (Å²) in [5, 5.41) is 13.1. The van der Waals surface area contributed by atoms with Crippen LogP contribution in [0.3, 0.4) is 0 Å². The summed E-state index contributed by atoms with van der Waals surface area (Å²) < 4.78 is 3.73. The molecular weight excluding hydrogens is 406 g/mol. The molecule has 0 saturated carbocycles. The fourth-order valence-electron chi connectivity index (χ4n) is 3.56. The first kappa shape index (κ1) is 19.3. The maximum absolute atomic E-state index is 12.9. The van der Waals surface area contributed by atoms with Crippen LogP contribution in [0, 0.1) is 13.8 Å². The average molecular weight is 428 g/mol. The maximum atomic E-state index is 12.9. The van der Waals surface area contributed by atoms with Gasteiger partial charge < -0.3 is 5.32 Å². The van der Waals surface area contributed by atoms with Crippen LogP contribution in [-0.4, -0.2) is 25.5 Å². The lowest BCUT2D eigenvalue weighted by atomic mass is 10.1. The van der Waals surface area contributed by atoms with Crippen molar-refractivity contribution in [3.8, 4) is 5.69 Å². The van der Waals surface area contributed by atoms with Crippen LogP contribution in [0.2, 0.25) is 0 Å². The highest BCUT2D eigenvalue weighted by molar-refractivity contribution is 7.20. The molecule has 7 heteroatoms. The zero-order valence-electron chi connectivity index (χ0n) is 17.2. The molecule has 0 unspecified atom stereocenters. The second kappa shape index (κ2) is 7.85. The van der Waals surface area contributed by atoms with E-state index >= 15 is 0 Å². The molecule has 0 atom stereocenters. The molecule has 2 aromatic carbocycles. The van der Waals surface area contributed by atoms with Crippen molar-refractivity contribution in [1.82, 2.24) is 19.6 Å². The van der Waals surface area contributed by atoms with E-state index in [4.69, 9.17) is 0 Å². The Morgan fingerprint density at radius 3 is 2.58 bits per heavy atom. The van der Waals surface area contributed by atoms with Gasteiger partial charge in [-0.2, -0.15) is 10.2 Å². The Kier molecular flexibility index (Phi) is 4.88. The monoisotopic (exact) mass is 427 g/mol. The molecule has 0 aliphatic rings. The molecule has 5 rings (SSSR count). The van der Waals surface area contributed by atoms with Gasteiger partial charge in [-0.15, -0.1) is 11.3 Å². The number of nitrogens with zero attached hydrogens (tertiary/aromatic N) is 4. The average Bonchev–Trinajstić information content (AvgIpc) is 3.47. The molecule has 0 aliphatic carbocycles. The number of carbonyl (C=O) groups is 1. The van der Waals surface area contributed by atoms with E-state index in [1.54, 1.807) is 0 Å². The van der Waals surface area contributed by atoms with E-state index in [1.807, 2.05) is 77.1 Å². The smallest absolute Gasteiger partial charge is 0.267 e. The quantitative estimate of drug-likeness (QED) is 0.419. The van der Waals surface area contributed by atoms with E-state index in [0.29, 0.717) is 17.2 Å². The zero-order chi connectivity index (χ0) is 21.4. The van der Waals surface area contributed by atoms with Crippen molar-refractivity contribution < 1.29 is 4.79 Å². The number of nitrogens with one attached hydrogen (secondary N) is 1. The fourth-order valence-corrected chi connectivity index (χ4v) is 4.64. The van der Waals surface area contributed by atoms with Crippen molar-refractivity contribution in [2.24, 2.45) is 0 Å². The van der Waals surface area contributed by atoms with Gasteiger partial charge in [0.2, 0.25) is 0 Å². The van der Waals surface area contributed by atoms with Gasteiger partial charge >= 0.3 is 0 Å². The number of aryl methyl sites for hydroxylation is 2. The fraction of sp³-hybridized carbons (Fsp3) is 0.125. The van der Waals surface area contributed by atoms with Crippen LogP contribution < -0.4 is 5.32 Å². The van der Waals surface area contributed by atoms with E-state index in [-0.39, 0.29) is 5.91 Å². The third-order valence-corrected chi connectivity index (χ3v) is 6.35. The summed E-state index contributed by atoms with van der Waals surface area (Å²) in [6, 6.07) is 21.9. The lowest BCUT2D eigenvalue weighted by Crippen LogP contribution is -2.11. The Labute approximate surface area is 183 Å². The first-order chi connectivity index (χ1) is 15.1. The molecule has 0 aliphatic heterocycles. The molecular formula is C24H21N5OS. The predicted octanol–water partition coefficient (Wildman–Crippen LogP) is 5.20. The zero-order valence-corrected chi connectivity index (χ0v) is 18.1. The molecule has 6 nitrogen and oxygen atoms in total. The highest BCUT2D eigenvalue weighted by atomic mass is 32.1. The summed E-state index contributed by atoms with van der Waals surface area (Å²) in [4.78, 5) is 14.5. The van der Waals surface area contributed by atoms with Crippen molar-refractivity contribution in [2.45, 2.75) is 20.4 Å². The van der Waals surface area contributed by atoms with E-state index in [0.717, 1.165) is 21.6 Å². The molecule has 0 spiro atoms. The van der Waals surface area contributed by atoms with Crippen molar-refractivity contribution in [2.75, 3.05) is 5.32 Å². The van der Waals surface area contributed by atoms with Crippen LogP contribution in [0.5, 0.6) is 0 Å². The van der Waals surface area contributed by atoms with Crippen LogP contribution >= 0.6 is 11.3 Å². The number of amides is 1. The van der Waals surface area contributed by atoms with Crippen LogP contribution in [0.4, 0.5) is 5.82 Å². The Balaban J connectivity index is 1.37. The molecule has 154 valence electrons. The van der Waals surface area contributed by atoms with Gasteiger partial charge in [-0.1, -0.05) is 42.5 Å². The summed E-state index contributed by atoms with van der Waals surface area (Å²) in [5.74, 6) is 0.374. The molecule has 0 bridgehead atoms. The van der Waals surface area contributed by atoms with Crippen molar-refractivity contribution >= 4 is 33.3 Å². The topological polar surface area (TPSA) is 64.7 Å². The van der Waals surface area contributed by atoms with Crippen molar-refractivity contribution in [3.63, 3.8) is 0 Å². The summed E-state index contributed by atoms with van der Waals surface area (Å²) in [6.45, 7) is 4.71. The van der Waals surface area contributed by atoms with E-state index < -0.39 is 0 Å². The Hall–Kier alpha value is -3.71. The molecule has 1 amide bonds. The largest absolute Gasteiger partial charge is 0.304 e. The van der Waals surface area contributed by atoms with Crippen LogP contribution in [0.1, 0.15) is 26.5 Å². The molecule has 0 radical (unpaired) electrons. The van der Waals surface area contributed by atoms with Gasteiger partial charge in [0.25, 0.3) is 5.91 Å². The number of carbonyl (C=O) groups excluding carboxylic acids is 1. The highest BCUT2D eigenvalue weighted by Gasteiger charge is 2.18. The predicted molar refractivity (Wildman–Crippen MR) is 124 cm³/mol. The molecule has 31 heavy (non-hydrogen) atoms. The van der Waals surface area contributed by atoms with Gasteiger partial charge in [-0.25, -0.2) is 4.68 Å². The summed E-state index contributed by atoms with van der Waals surface area (Å²) in [6.07, 6.45) is 1.88. The number of para-hydroxylation sites is 1. The molecule has 5 aromatic rings. The normalized spacial score (nSPS) is 11.2. The van der Waals surface area contributed by atoms with Gasteiger partial charge in [-0.05, 0) is 43.2 Å². The minimum absolute atomic E-state index is 0.165. The number of hydrogen-bond donors (Lipinski definition) is 1. The lowest BCUT2D eigenvalue weighted by Gasteiger charge is -2.05. The maximum Gasteiger partial charge on any atom is 0.267 e. The summed E-state index contributed by atoms with van der Waals surface area (Å²) in [7, 11) is 0. The minimum atomic E-state index is -0.165. The third kappa shape index (κ3) is 3.75. The Morgan fingerprint density at radius 2 is 1.77 bits per heavy atom. The number of aromatic nitrogens is 4. The number of fused-ring (bicyclic) bond motifs is 1. The van der Waals surface area contributed by atoms with Gasteiger partial charge in [-0.3, -0.25) is 9.48 Å². The van der Waals surface area contributed by atoms with E-state index in [1.165, 1.54) is 22.5 Å².